The van der Waals surface area contributed by atoms with Crippen molar-refractivity contribution in [1.29, 1.82) is 5.26 Å². The van der Waals surface area contributed by atoms with Crippen LogP contribution in [0.25, 0.3) is 11.1 Å². The predicted molar refractivity (Wildman–Crippen MR) is 120 cm³/mol. The van der Waals surface area contributed by atoms with Crippen LogP contribution in [0.4, 0.5) is 4.79 Å². The number of benzene rings is 3. The van der Waals surface area contributed by atoms with E-state index in [0.29, 0.717) is 5.02 Å². The number of alkyl carbamates (subject to hydrolysis) is 1. The topological polar surface area (TPSA) is 103 Å². The molecule has 0 saturated carbocycles. The second kappa shape index (κ2) is 9.41. The maximum atomic E-state index is 12.3. The summed E-state index contributed by atoms with van der Waals surface area (Å²) in [7, 11) is 0. The Balaban J connectivity index is 1.36. The molecule has 3 N–H and O–H groups in total. The van der Waals surface area contributed by atoms with Gasteiger partial charge in [-0.2, -0.15) is 5.26 Å². The van der Waals surface area contributed by atoms with Crippen molar-refractivity contribution in [2.24, 2.45) is 0 Å². The molecule has 1 aliphatic rings. The van der Waals surface area contributed by atoms with Crippen LogP contribution in [0.2, 0.25) is 5.02 Å². The average Bonchev–Trinajstić information content (AvgIpc) is 3.14. The average molecular weight is 449 g/mol. The highest BCUT2D eigenvalue weighted by atomic mass is 35.5. The number of carbonyl (C=O) groups is 1. The number of ether oxygens (including phenoxy) is 1. The predicted octanol–water partition coefficient (Wildman–Crippen LogP) is 4.14. The third-order valence-electron chi connectivity index (χ3n) is 5.62. The molecule has 0 heterocycles. The zero-order valence-corrected chi connectivity index (χ0v) is 17.8. The lowest BCUT2D eigenvalue weighted by Crippen LogP contribution is -2.36. The van der Waals surface area contributed by atoms with Crippen molar-refractivity contribution in [3.63, 3.8) is 0 Å². The van der Waals surface area contributed by atoms with E-state index in [2.05, 4.69) is 17.4 Å². The standard InChI is InChI=1S/C25H21ClN2O4/c26-16-10-9-15(12-27)21(11-16)24(30)23(29)13-28-25(31)32-14-22-19-7-3-1-5-17(19)18-6-2-4-8-20(18)22/h1-11,22-24,29-30H,13-14H2,(H,28,31). The van der Waals surface area contributed by atoms with E-state index in [0.717, 1.165) is 22.3 Å². The van der Waals surface area contributed by atoms with Crippen LogP contribution in [0.1, 0.15) is 34.3 Å². The molecule has 2 atom stereocenters. The van der Waals surface area contributed by atoms with Crippen LogP contribution in [0.5, 0.6) is 0 Å². The molecular weight excluding hydrogens is 428 g/mol. The SMILES string of the molecule is N#Cc1ccc(Cl)cc1C(O)C(O)CNC(=O)OCC1c2ccccc2-c2ccccc21. The van der Waals surface area contributed by atoms with E-state index in [1.165, 1.54) is 18.2 Å². The Hall–Kier alpha value is -3.37. The number of hydrogen-bond acceptors (Lipinski definition) is 5. The minimum absolute atomic E-state index is 0.0756. The normalized spacial score (nSPS) is 14.1. The second-order valence-corrected chi connectivity index (χ2v) is 8.00. The minimum Gasteiger partial charge on any atom is -0.449 e. The second-order valence-electron chi connectivity index (χ2n) is 7.56. The van der Waals surface area contributed by atoms with Crippen molar-refractivity contribution in [2.45, 2.75) is 18.1 Å². The van der Waals surface area contributed by atoms with Gasteiger partial charge in [0, 0.05) is 23.0 Å². The third-order valence-corrected chi connectivity index (χ3v) is 5.85. The smallest absolute Gasteiger partial charge is 0.407 e. The Kier molecular flexibility index (Phi) is 6.42. The van der Waals surface area contributed by atoms with Crippen LogP contribution in [-0.4, -0.2) is 35.6 Å². The van der Waals surface area contributed by atoms with Crippen molar-refractivity contribution in [3.8, 4) is 17.2 Å². The number of fused-ring (bicyclic) bond motifs is 3. The first kappa shape index (κ1) is 21.8. The molecule has 0 aromatic heterocycles. The number of aliphatic hydroxyl groups excluding tert-OH is 2. The molecule has 7 heteroatoms. The van der Waals surface area contributed by atoms with Crippen molar-refractivity contribution in [2.75, 3.05) is 13.2 Å². The Bertz CT molecular complexity index is 1150. The van der Waals surface area contributed by atoms with Gasteiger partial charge < -0.3 is 20.3 Å². The molecule has 32 heavy (non-hydrogen) atoms. The summed E-state index contributed by atoms with van der Waals surface area (Å²) in [5, 5.41) is 32.7. The molecule has 0 bridgehead atoms. The van der Waals surface area contributed by atoms with Crippen molar-refractivity contribution in [3.05, 3.63) is 94.0 Å². The number of nitrogens with zero attached hydrogens (tertiary/aromatic N) is 1. The zero-order valence-electron chi connectivity index (χ0n) is 17.0. The molecule has 0 aliphatic heterocycles. The van der Waals surface area contributed by atoms with Crippen molar-refractivity contribution < 1.29 is 19.7 Å². The molecule has 1 amide bonds. The quantitative estimate of drug-likeness (QED) is 0.525. The number of nitrogens with one attached hydrogen (secondary N) is 1. The van der Waals surface area contributed by atoms with Gasteiger partial charge in [-0.05, 0) is 40.5 Å². The fraction of sp³-hybridized carbons (Fsp3) is 0.200. The first-order chi connectivity index (χ1) is 15.5. The van der Waals surface area contributed by atoms with Gasteiger partial charge in [0.15, 0.2) is 0 Å². The molecular formula is C25H21ClN2O4. The summed E-state index contributed by atoms with van der Waals surface area (Å²) in [6, 6.07) is 22.4. The molecule has 0 spiro atoms. The number of rotatable bonds is 6. The Morgan fingerprint density at radius 1 is 1.06 bits per heavy atom. The first-order valence-electron chi connectivity index (χ1n) is 10.1. The van der Waals surface area contributed by atoms with Crippen LogP contribution < -0.4 is 5.32 Å². The van der Waals surface area contributed by atoms with E-state index in [9.17, 15) is 20.3 Å². The fourth-order valence-electron chi connectivity index (χ4n) is 4.04. The summed E-state index contributed by atoms with van der Waals surface area (Å²) in [6.45, 7) is -0.111. The molecule has 2 unspecified atom stereocenters. The molecule has 4 rings (SSSR count). The molecule has 0 fully saturated rings. The molecule has 162 valence electrons. The molecule has 3 aromatic carbocycles. The molecule has 1 aliphatic carbocycles. The highest BCUT2D eigenvalue weighted by Gasteiger charge is 2.29. The summed E-state index contributed by atoms with van der Waals surface area (Å²) in [5.74, 6) is -0.0756. The molecule has 0 radical (unpaired) electrons. The largest absolute Gasteiger partial charge is 0.449 e. The number of amides is 1. The summed E-state index contributed by atoms with van der Waals surface area (Å²) in [6.07, 6.45) is -3.44. The first-order valence-corrected chi connectivity index (χ1v) is 10.5. The Morgan fingerprint density at radius 2 is 1.69 bits per heavy atom. The number of nitriles is 1. The third kappa shape index (κ3) is 4.32. The van der Waals surface area contributed by atoms with E-state index in [1.807, 2.05) is 42.5 Å². The lowest BCUT2D eigenvalue weighted by molar-refractivity contribution is 0.0184. The maximum Gasteiger partial charge on any atom is 0.407 e. The van der Waals surface area contributed by atoms with E-state index in [4.69, 9.17) is 16.3 Å². The van der Waals surface area contributed by atoms with Gasteiger partial charge in [-0.15, -0.1) is 0 Å². The van der Waals surface area contributed by atoms with Crippen molar-refractivity contribution in [1.82, 2.24) is 5.32 Å². The van der Waals surface area contributed by atoms with Gasteiger partial charge in [0.2, 0.25) is 0 Å². The van der Waals surface area contributed by atoms with Crippen LogP contribution in [0.15, 0.2) is 66.7 Å². The molecule has 3 aromatic rings. The van der Waals surface area contributed by atoms with Crippen LogP contribution >= 0.6 is 11.6 Å². The maximum absolute atomic E-state index is 12.3. The van der Waals surface area contributed by atoms with Gasteiger partial charge in [-0.25, -0.2) is 4.79 Å². The Labute approximate surface area is 190 Å². The minimum atomic E-state index is -1.39. The summed E-state index contributed by atoms with van der Waals surface area (Å²) in [4.78, 5) is 12.3. The Morgan fingerprint density at radius 3 is 2.31 bits per heavy atom. The lowest BCUT2D eigenvalue weighted by atomic mass is 9.98. The molecule has 0 saturated heterocycles. The van der Waals surface area contributed by atoms with E-state index in [1.54, 1.807) is 0 Å². The number of halogens is 1. The summed E-state index contributed by atoms with van der Waals surface area (Å²) >= 11 is 5.93. The fourth-order valence-corrected chi connectivity index (χ4v) is 4.22. The van der Waals surface area contributed by atoms with Crippen LogP contribution in [0.3, 0.4) is 0 Å². The number of aliphatic hydroxyl groups is 2. The van der Waals surface area contributed by atoms with Crippen LogP contribution in [-0.2, 0) is 4.74 Å². The van der Waals surface area contributed by atoms with Gasteiger partial charge in [0.25, 0.3) is 0 Å². The van der Waals surface area contributed by atoms with E-state index in [-0.39, 0.29) is 30.2 Å². The number of hydrogen-bond donors (Lipinski definition) is 3. The summed E-state index contributed by atoms with van der Waals surface area (Å²) < 4.78 is 5.42. The van der Waals surface area contributed by atoms with Crippen LogP contribution in [0, 0.1) is 11.3 Å². The lowest BCUT2D eigenvalue weighted by Gasteiger charge is -2.20. The van der Waals surface area contributed by atoms with E-state index >= 15 is 0 Å². The highest BCUT2D eigenvalue weighted by molar-refractivity contribution is 6.30. The van der Waals surface area contributed by atoms with Gasteiger partial charge in [0.05, 0.1) is 11.6 Å². The monoisotopic (exact) mass is 448 g/mol. The van der Waals surface area contributed by atoms with Crippen molar-refractivity contribution >= 4 is 17.7 Å². The summed E-state index contributed by atoms with van der Waals surface area (Å²) in [5.41, 5.74) is 4.85. The zero-order chi connectivity index (χ0) is 22.7. The van der Waals surface area contributed by atoms with E-state index < -0.39 is 18.3 Å². The van der Waals surface area contributed by atoms with Gasteiger partial charge in [0.1, 0.15) is 18.8 Å². The van der Waals surface area contributed by atoms with Gasteiger partial charge >= 0.3 is 6.09 Å². The van der Waals surface area contributed by atoms with Gasteiger partial charge in [-0.1, -0.05) is 60.1 Å². The highest BCUT2D eigenvalue weighted by Crippen LogP contribution is 2.44. The number of carbonyl (C=O) groups excluding carboxylic acids is 1. The van der Waals surface area contributed by atoms with Gasteiger partial charge in [-0.3, -0.25) is 0 Å². The molecule has 6 nitrogen and oxygen atoms in total.